The van der Waals surface area contributed by atoms with Crippen LogP contribution >= 0.6 is 0 Å². The predicted octanol–water partition coefficient (Wildman–Crippen LogP) is 3.36. The highest BCUT2D eigenvalue weighted by atomic mass is 16.5. The standard InChI is InChI=1S/C13H29NO/c1-5-8-9-10-11-13(14-6-2)12(4)15-7-3/h12-14H,5-11H2,1-4H3. The maximum Gasteiger partial charge on any atom is 0.0699 e. The summed E-state index contributed by atoms with van der Waals surface area (Å²) < 4.78 is 5.65. The normalized spacial score (nSPS) is 15.2. The fourth-order valence-electron chi connectivity index (χ4n) is 1.93. The van der Waals surface area contributed by atoms with Gasteiger partial charge in [-0.15, -0.1) is 0 Å². The lowest BCUT2D eigenvalue weighted by Crippen LogP contribution is -2.39. The van der Waals surface area contributed by atoms with Crippen LogP contribution in [0.25, 0.3) is 0 Å². The molecule has 0 rings (SSSR count). The van der Waals surface area contributed by atoms with E-state index in [1.165, 1.54) is 32.1 Å². The van der Waals surface area contributed by atoms with Gasteiger partial charge in [-0.1, -0.05) is 39.5 Å². The summed E-state index contributed by atoms with van der Waals surface area (Å²) in [6.45, 7) is 10.5. The number of nitrogens with one attached hydrogen (secondary N) is 1. The molecule has 0 aromatic rings. The van der Waals surface area contributed by atoms with Crippen molar-refractivity contribution in [2.75, 3.05) is 13.2 Å². The lowest BCUT2D eigenvalue weighted by atomic mass is 10.0. The van der Waals surface area contributed by atoms with Gasteiger partial charge < -0.3 is 10.1 Å². The van der Waals surface area contributed by atoms with Crippen LogP contribution in [0.5, 0.6) is 0 Å². The topological polar surface area (TPSA) is 21.3 Å². The van der Waals surface area contributed by atoms with Gasteiger partial charge in [0.2, 0.25) is 0 Å². The molecule has 0 aromatic heterocycles. The largest absolute Gasteiger partial charge is 0.377 e. The Balaban J connectivity index is 3.71. The highest BCUT2D eigenvalue weighted by Gasteiger charge is 2.15. The summed E-state index contributed by atoms with van der Waals surface area (Å²) in [6.07, 6.45) is 6.95. The summed E-state index contributed by atoms with van der Waals surface area (Å²) in [4.78, 5) is 0. The number of likely N-dealkylation sites (N-methyl/N-ethyl adjacent to an activating group) is 1. The van der Waals surface area contributed by atoms with E-state index in [4.69, 9.17) is 4.74 Å². The molecule has 1 N–H and O–H groups in total. The Labute approximate surface area is 95.8 Å². The van der Waals surface area contributed by atoms with E-state index >= 15 is 0 Å². The van der Waals surface area contributed by atoms with Gasteiger partial charge in [-0.25, -0.2) is 0 Å². The van der Waals surface area contributed by atoms with Crippen LogP contribution in [-0.2, 0) is 4.74 Å². The molecule has 0 aliphatic heterocycles. The molecule has 0 saturated heterocycles. The summed E-state index contributed by atoms with van der Waals surface area (Å²) in [5.74, 6) is 0. The smallest absolute Gasteiger partial charge is 0.0699 e. The quantitative estimate of drug-likeness (QED) is 0.564. The average molecular weight is 215 g/mol. The number of rotatable bonds is 10. The lowest BCUT2D eigenvalue weighted by molar-refractivity contribution is 0.0449. The van der Waals surface area contributed by atoms with Crippen LogP contribution in [0.1, 0.15) is 59.8 Å². The van der Waals surface area contributed by atoms with Gasteiger partial charge in [-0.3, -0.25) is 0 Å². The molecule has 0 aliphatic rings. The van der Waals surface area contributed by atoms with Gasteiger partial charge in [-0.05, 0) is 26.8 Å². The van der Waals surface area contributed by atoms with Crippen LogP contribution in [0.15, 0.2) is 0 Å². The van der Waals surface area contributed by atoms with Crippen molar-refractivity contribution in [1.82, 2.24) is 5.32 Å². The molecule has 2 heteroatoms. The van der Waals surface area contributed by atoms with E-state index in [0.717, 1.165) is 13.2 Å². The molecule has 0 amide bonds. The Hall–Kier alpha value is -0.0800. The Morgan fingerprint density at radius 3 is 2.33 bits per heavy atom. The van der Waals surface area contributed by atoms with E-state index in [0.29, 0.717) is 12.1 Å². The molecule has 0 aromatic carbocycles. The van der Waals surface area contributed by atoms with E-state index in [1.54, 1.807) is 0 Å². The zero-order chi connectivity index (χ0) is 11.5. The zero-order valence-electron chi connectivity index (χ0n) is 11.0. The van der Waals surface area contributed by atoms with Gasteiger partial charge in [0.05, 0.1) is 6.10 Å². The van der Waals surface area contributed by atoms with E-state index in [-0.39, 0.29) is 0 Å². The summed E-state index contributed by atoms with van der Waals surface area (Å²) in [5, 5.41) is 3.52. The minimum Gasteiger partial charge on any atom is -0.377 e. The second-order valence-electron chi connectivity index (χ2n) is 4.17. The Morgan fingerprint density at radius 2 is 1.80 bits per heavy atom. The molecule has 0 spiro atoms. The molecule has 0 fully saturated rings. The second-order valence-corrected chi connectivity index (χ2v) is 4.17. The van der Waals surface area contributed by atoms with Crippen molar-refractivity contribution >= 4 is 0 Å². The van der Waals surface area contributed by atoms with Gasteiger partial charge >= 0.3 is 0 Å². The van der Waals surface area contributed by atoms with Gasteiger partial charge in [0.25, 0.3) is 0 Å². The fraction of sp³-hybridized carbons (Fsp3) is 1.00. The molecule has 0 aliphatic carbocycles. The van der Waals surface area contributed by atoms with E-state index < -0.39 is 0 Å². The first-order valence-corrected chi connectivity index (χ1v) is 6.61. The molecule has 15 heavy (non-hydrogen) atoms. The van der Waals surface area contributed by atoms with Crippen LogP contribution < -0.4 is 5.32 Å². The van der Waals surface area contributed by atoms with E-state index in [9.17, 15) is 0 Å². The minimum absolute atomic E-state index is 0.344. The van der Waals surface area contributed by atoms with Crippen LogP contribution in [0.2, 0.25) is 0 Å². The minimum atomic E-state index is 0.344. The zero-order valence-corrected chi connectivity index (χ0v) is 11.0. The van der Waals surface area contributed by atoms with Gasteiger partial charge in [-0.2, -0.15) is 0 Å². The van der Waals surface area contributed by atoms with Crippen molar-refractivity contribution < 1.29 is 4.74 Å². The lowest BCUT2D eigenvalue weighted by Gasteiger charge is -2.24. The first-order chi connectivity index (χ1) is 7.26. The van der Waals surface area contributed by atoms with Gasteiger partial charge in [0.15, 0.2) is 0 Å². The first kappa shape index (κ1) is 14.9. The summed E-state index contributed by atoms with van der Waals surface area (Å²) in [7, 11) is 0. The third kappa shape index (κ3) is 7.80. The van der Waals surface area contributed by atoms with Gasteiger partial charge in [0, 0.05) is 12.6 Å². The van der Waals surface area contributed by atoms with E-state index in [2.05, 4.69) is 33.0 Å². The average Bonchev–Trinajstić information content (AvgIpc) is 2.23. The summed E-state index contributed by atoms with van der Waals surface area (Å²) in [6, 6.07) is 0.534. The van der Waals surface area contributed by atoms with Crippen LogP contribution in [0, 0.1) is 0 Å². The molecule has 0 radical (unpaired) electrons. The first-order valence-electron chi connectivity index (χ1n) is 6.61. The van der Waals surface area contributed by atoms with E-state index in [1.807, 2.05) is 0 Å². The maximum absolute atomic E-state index is 5.65. The predicted molar refractivity (Wildman–Crippen MR) is 67.3 cm³/mol. The molecule has 2 atom stereocenters. The molecular weight excluding hydrogens is 186 g/mol. The van der Waals surface area contributed by atoms with Crippen molar-refractivity contribution in [3.05, 3.63) is 0 Å². The molecule has 2 nitrogen and oxygen atoms in total. The second kappa shape index (κ2) is 10.4. The van der Waals surface area contributed by atoms with Crippen molar-refractivity contribution in [1.29, 1.82) is 0 Å². The third-order valence-corrected chi connectivity index (χ3v) is 2.83. The fourth-order valence-corrected chi connectivity index (χ4v) is 1.93. The highest BCUT2D eigenvalue weighted by Crippen LogP contribution is 2.10. The number of hydrogen-bond acceptors (Lipinski definition) is 2. The SMILES string of the molecule is CCCCCCC(NCC)C(C)OCC. The molecule has 0 saturated carbocycles. The molecule has 2 unspecified atom stereocenters. The van der Waals surface area contributed by atoms with Crippen LogP contribution in [-0.4, -0.2) is 25.3 Å². The monoisotopic (exact) mass is 215 g/mol. The van der Waals surface area contributed by atoms with Gasteiger partial charge in [0.1, 0.15) is 0 Å². The Kier molecular flexibility index (Phi) is 10.4. The van der Waals surface area contributed by atoms with Crippen LogP contribution in [0.3, 0.4) is 0 Å². The maximum atomic E-state index is 5.65. The Bertz CT molecular complexity index is 128. The molecular formula is C13H29NO. The van der Waals surface area contributed by atoms with Crippen LogP contribution in [0.4, 0.5) is 0 Å². The number of ether oxygens (including phenoxy) is 1. The number of unbranched alkanes of at least 4 members (excludes halogenated alkanes) is 3. The summed E-state index contributed by atoms with van der Waals surface area (Å²) >= 11 is 0. The molecule has 0 heterocycles. The number of hydrogen-bond donors (Lipinski definition) is 1. The molecule has 0 bridgehead atoms. The third-order valence-electron chi connectivity index (χ3n) is 2.83. The van der Waals surface area contributed by atoms with Crippen molar-refractivity contribution in [3.63, 3.8) is 0 Å². The van der Waals surface area contributed by atoms with Crippen molar-refractivity contribution in [3.8, 4) is 0 Å². The summed E-state index contributed by atoms with van der Waals surface area (Å²) in [5.41, 5.74) is 0. The Morgan fingerprint density at radius 1 is 1.07 bits per heavy atom. The van der Waals surface area contributed by atoms with Crippen molar-refractivity contribution in [2.45, 2.75) is 71.9 Å². The molecule has 92 valence electrons. The van der Waals surface area contributed by atoms with Crippen molar-refractivity contribution in [2.24, 2.45) is 0 Å². The highest BCUT2D eigenvalue weighted by molar-refractivity contribution is 4.73.